The Kier molecular flexibility index (Phi) is 11.3. The molecule has 2 fully saturated rings. The van der Waals surface area contributed by atoms with Gasteiger partial charge >= 0.3 is 0 Å². The molecular weight excluding hydrogens is 633 g/mol. The van der Waals surface area contributed by atoms with Gasteiger partial charge in [-0.3, -0.25) is 4.98 Å². The van der Waals surface area contributed by atoms with E-state index in [1.54, 1.807) is 12.1 Å². The molecule has 3 aliphatic rings. The van der Waals surface area contributed by atoms with Gasteiger partial charge in [0.05, 0.1) is 30.8 Å². The fraction of sp³-hybridized carbons (Fsp3) is 0.605. The summed E-state index contributed by atoms with van der Waals surface area (Å²) in [7, 11) is 0. The second-order valence-corrected chi connectivity index (χ2v) is 14.8. The molecule has 2 aromatic heterocycles. The smallest absolute Gasteiger partial charge is 0.248 e. The predicted molar refractivity (Wildman–Crippen MR) is 183 cm³/mol. The van der Waals surface area contributed by atoms with E-state index < -0.39 is 30.9 Å². The molecule has 3 aromatic rings. The fourth-order valence-corrected chi connectivity index (χ4v) is 7.76. The van der Waals surface area contributed by atoms with Crippen LogP contribution in [0.5, 0.6) is 5.75 Å². The normalized spacial score (nSPS) is 22.1. The Hall–Kier alpha value is -3.28. The first-order valence-electron chi connectivity index (χ1n) is 17.2. The van der Waals surface area contributed by atoms with Crippen molar-refractivity contribution in [3.05, 3.63) is 75.9 Å². The van der Waals surface area contributed by atoms with Gasteiger partial charge < -0.3 is 25.0 Å². The molecule has 8 nitrogen and oxygen atoms in total. The summed E-state index contributed by atoms with van der Waals surface area (Å²) in [5, 5.41) is 30.2. The third-order valence-corrected chi connectivity index (χ3v) is 10.3. The molecule has 0 unspecified atom stereocenters. The largest absolute Gasteiger partial charge is 0.488 e. The lowest BCUT2D eigenvalue weighted by molar-refractivity contribution is -0.0385. The van der Waals surface area contributed by atoms with Crippen molar-refractivity contribution >= 4 is 5.95 Å². The van der Waals surface area contributed by atoms with Crippen molar-refractivity contribution in [1.29, 1.82) is 0 Å². The van der Waals surface area contributed by atoms with Gasteiger partial charge in [-0.15, -0.1) is 0 Å². The number of aliphatic hydroxyl groups is 3. The predicted octanol–water partition coefficient (Wildman–Crippen LogP) is 7.29. The van der Waals surface area contributed by atoms with Crippen LogP contribution in [0.4, 0.5) is 19.1 Å². The molecule has 1 aliphatic heterocycles. The van der Waals surface area contributed by atoms with Gasteiger partial charge in [-0.1, -0.05) is 51.1 Å². The van der Waals surface area contributed by atoms with Crippen LogP contribution in [0.2, 0.25) is 0 Å². The monoisotopic (exact) mass is 684 g/mol. The Balaban J connectivity index is 0.00000468. The van der Waals surface area contributed by atoms with Gasteiger partial charge in [0.25, 0.3) is 0 Å². The van der Waals surface area contributed by atoms with E-state index in [1.807, 2.05) is 19.1 Å². The third-order valence-electron chi connectivity index (χ3n) is 10.3. The first-order valence-corrected chi connectivity index (χ1v) is 17.2. The van der Waals surface area contributed by atoms with E-state index in [4.69, 9.17) is 14.8 Å². The van der Waals surface area contributed by atoms with Crippen molar-refractivity contribution in [1.82, 2.24) is 15.0 Å². The van der Waals surface area contributed by atoms with E-state index in [2.05, 4.69) is 28.7 Å². The Morgan fingerprint density at radius 1 is 0.980 bits per heavy atom. The van der Waals surface area contributed by atoms with E-state index in [-0.39, 0.29) is 57.0 Å². The molecule has 0 bridgehead atoms. The number of anilines is 1. The number of piperidine rings is 1. The van der Waals surface area contributed by atoms with Gasteiger partial charge in [0.2, 0.25) is 11.9 Å². The molecule has 3 N–H and O–H groups in total. The number of aromatic nitrogens is 3. The molecule has 11 heteroatoms. The van der Waals surface area contributed by atoms with Gasteiger partial charge in [-0.25, -0.2) is 23.1 Å². The Morgan fingerprint density at radius 3 is 2.22 bits per heavy atom. The zero-order valence-electron chi connectivity index (χ0n) is 28.0. The number of aliphatic hydroxyl groups excluding tert-OH is 3. The number of hydrogen-bond acceptors (Lipinski definition) is 8. The molecule has 1 saturated carbocycles. The van der Waals surface area contributed by atoms with E-state index in [1.165, 1.54) is 12.4 Å². The minimum atomic E-state index is -2.74. The van der Waals surface area contributed by atoms with Crippen LogP contribution in [0.25, 0.3) is 0 Å². The maximum Gasteiger partial charge on any atom is 0.248 e. The number of ether oxygens (including phenoxy) is 1. The number of hydrogen-bond donors (Lipinski definition) is 3. The quantitative estimate of drug-likeness (QED) is 0.216. The summed E-state index contributed by atoms with van der Waals surface area (Å²) < 4.78 is 51.5. The number of halogens is 3. The van der Waals surface area contributed by atoms with Crippen molar-refractivity contribution in [2.45, 2.75) is 116 Å². The average Bonchev–Trinajstić information content (AvgIpc) is 3.06. The molecule has 3 heterocycles. The van der Waals surface area contributed by atoms with Gasteiger partial charge in [-0.2, -0.15) is 0 Å². The summed E-state index contributed by atoms with van der Waals surface area (Å²) in [5.74, 6) is -2.20. The molecule has 0 amide bonds. The summed E-state index contributed by atoms with van der Waals surface area (Å²) >= 11 is 0. The minimum absolute atomic E-state index is 0. The summed E-state index contributed by atoms with van der Waals surface area (Å²) in [5.41, 5.74) is 4.60. The van der Waals surface area contributed by atoms with Crippen molar-refractivity contribution < 1.29 is 33.2 Å². The lowest BCUT2D eigenvalue weighted by atomic mass is 9.68. The van der Waals surface area contributed by atoms with Gasteiger partial charge in [-0.05, 0) is 67.9 Å². The van der Waals surface area contributed by atoms with Crippen molar-refractivity contribution in [3.8, 4) is 5.75 Å². The van der Waals surface area contributed by atoms with Crippen LogP contribution in [0, 0.1) is 12.3 Å². The number of pyridine rings is 1. The zero-order chi connectivity index (χ0) is 34.2. The van der Waals surface area contributed by atoms with Gasteiger partial charge in [0, 0.05) is 48.7 Å². The van der Waals surface area contributed by atoms with Gasteiger partial charge in [0.1, 0.15) is 12.7 Å². The second kappa shape index (κ2) is 14.9. The van der Waals surface area contributed by atoms with Crippen LogP contribution < -0.4 is 9.64 Å². The SMILES string of the molecule is C.Cc1ccc([C@H](F)c2c(C3CCN(c4ncc(OC[C@H](O)CO)cn4)CC3)nc3c(c2C2CCC(F)(F)CC2)[C@@H](O)CC(C)(C)C3)cc1. The highest BCUT2D eigenvalue weighted by molar-refractivity contribution is 5.51. The lowest BCUT2D eigenvalue weighted by Gasteiger charge is -2.41. The van der Waals surface area contributed by atoms with E-state index in [0.717, 1.165) is 11.3 Å². The zero-order valence-corrected chi connectivity index (χ0v) is 28.0. The minimum Gasteiger partial charge on any atom is -0.488 e. The number of rotatable bonds is 9. The maximum atomic E-state index is 17.2. The molecule has 49 heavy (non-hydrogen) atoms. The number of aryl methyl sites for hydroxylation is 1. The number of nitrogens with zero attached hydrogens (tertiary/aromatic N) is 4. The average molecular weight is 685 g/mol. The molecule has 2 aliphatic carbocycles. The maximum absolute atomic E-state index is 17.2. The van der Waals surface area contributed by atoms with Crippen LogP contribution in [0.1, 0.15) is 130 Å². The molecule has 268 valence electrons. The topological polar surface area (TPSA) is 112 Å². The Bertz CT molecular complexity index is 1550. The van der Waals surface area contributed by atoms with Crippen molar-refractivity contribution in [3.63, 3.8) is 0 Å². The van der Waals surface area contributed by atoms with Crippen LogP contribution in [0.3, 0.4) is 0 Å². The molecular formula is C38H51F3N4O4. The number of fused-ring (bicyclic) bond motifs is 1. The molecule has 1 aromatic carbocycles. The summed E-state index contributed by atoms with van der Waals surface area (Å²) in [6.07, 6.45) is 2.14. The van der Waals surface area contributed by atoms with Gasteiger partial charge in [0.15, 0.2) is 11.9 Å². The van der Waals surface area contributed by atoms with Crippen LogP contribution in [-0.2, 0) is 6.42 Å². The number of alkyl halides is 3. The van der Waals surface area contributed by atoms with E-state index in [0.29, 0.717) is 78.4 Å². The first-order chi connectivity index (χ1) is 22.8. The first kappa shape index (κ1) is 37.0. The lowest BCUT2D eigenvalue weighted by Crippen LogP contribution is -2.36. The Labute approximate surface area is 287 Å². The molecule has 0 spiro atoms. The summed E-state index contributed by atoms with van der Waals surface area (Å²) in [4.78, 5) is 16.2. The van der Waals surface area contributed by atoms with Crippen LogP contribution in [-0.4, -0.2) is 68.6 Å². The highest BCUT2D eigenvalue weighted by Gasteiger charge is 2.43. The van der Waals surface area contributed by atoms with E-state index >= 15 is 4.39 Å². The van der Waals surface area contributed by atoms with Crippen molar-refractivity contribution in [2.75, 3.05) is 31.2 Å². The molecule has 0 radical (unpaired) electrons. The Morgan fingerprint density at radius 2 is 1.61 bits per heavy atom. The van der Waals surface area contributed by atoms with Crippen LogP contribution in [0.15, 0.2) is 36.7 Å². The van der Waals surface area contributed by atoms with E-state index in [9.17, 15) is 19.0 Å². The highest BCUT2D eigenvalue weighted by Crippen LogP contribution is 2.52. The van der Waals surface area contributed by atoms with Crippen molar-refractivity contribution in [2.24, 2.45) is 5.41 Å². The highest BCUT2D eigenvalue weighted by atomic mass is 19.3. The molecule has 1 saturated heterocycles. The second-order valence-electron chi connectivity index (χ2n) is 14.8. The third kappa shape index (κ3) is 8.21. The summed E-state index contributed by atoms with van der Waals surface area (Å²) in [6, 6.07) is 7.35. The fourth-order valence-electron chi connectivity index (χ4n) is 7.76. The standard InChI is InChI=1S/C37H47F3N4O4.CH4/c1-22-4-6-24(7-5-22)33(38)32-30(23-8-12-37(39,40)13-9-23)31-28(16-36(2,3)17-29(31)47)43-34(32)25-10-14-44(15-11-25)35-41-18-27(19-42-35)48-21-26(46)20-45;/h4-7,18-19,23,25-26,29,33,45-47H,8-17,20-21H2,1-3H3;1H4/t26-,29+,33+;/m1./s1. The summed E-state index contributed by atoms with van der Waals surface area (Å²) in [6.45, 7) is 6.89. The molecule has 3 atom stereocenters. The van der Waals surface area contributed by atoms with Crippen LogP contribution >= 0.6 is 0 Å². The number of benzene rings is 1. The molecule has 6 rings (SSSR count).